The Labute approximate surface area is 159 Å². The smallest absolute Gasteiger partial charge is 0.270 e. The third-order valence-corrected chi connectivity index (χ3v) is 5.39. The zero-order chi connectivity index (χ0) is 18.8. The Morgan fingerprint density at radius 3 is 2.44 bits per heavy atom. The lowest BCUT2D eigenvalue weighted by Gasteiger charge is -2.34. The van der Waals surface area contributed by atoms with Gasteiger partial charge in [-0.1, -0.05) is 36.4 Å². The van der Waals surface area contributed by atoms with Crippen molar-refractivity contribution in [1.29, 1.82) is 0 Å². The number of ether oxygens (including phenoxy) is 1. The fourth-order valence-corrected chi connectivity index (χ4v) is 3.83. The number of aryl methyl sites for hydroxylation is 1. The van der Waals surface area contributed by atoms with Crippen LogP contribution >= 0.6 is 0 Å². The second-order valence-electron chi connectivity index (χ2n) is 7.04. The first-order valence-electron chi connectivity index (χ1n) is 9.35. The summed E-state index contributed by atoms with van der Waals surface area (Å²) in [6.45, 7) is 4.24. The maximum absolute atomic E-state index is 13.1. The minimum Gasteiger partial charge on any atom is -0.496 e. The van der Waals surface area contributed by atoms with Crippen molar-refractivity contribution in [3.63, 3.8) is 0 Å². The monoisotopic (exact) mass is 363 g/mol. The predicted molar refractivity (Wildman–Crippen MR) is 107 cm³/mol. The fraction of sp³-hybridized carbons (Fsp3) is 0.318. The molecule has 0 N–H and O–H groups in total. The molecule has 1 aromatic heterocycles. The highest BCUT2D eigenvalue weighted by atomic mass is 16.5. The molecule has 1 aliphatic rings. The minimum atomic E-state index is 0.0927. The third-order valence-electron chi connectivity index (χ3n) is 5.39. The van der Waals surface area contributed by atoms with Crippen LogP contribution in [-0.2, 0) is 13.6 Å². The van der Waals surface area contributed by atoms with Gasteiger partial charge in [0, 0.05) is 45.2 Å². The van der Waals surface area contributed by atoms with E-state index in [0.717, 1.165) is 49.4 Å². The highest BCUT2D eigenvalue weighted by Gasteiger charge is 2.25. The summed E-state index contributed by atoms with van der Waals surface area (Å²) in [5.41, 5.74) is 3.05. The van der Waals surface area contributed by atoms with Gasteiger partial charge < -0.3 is 14.2 Å². The Bertz CT molecular complexity index is 941. The SMILES string of the molecule is COc1cccc2c1cc(C(=O)N1CCN(Cc3ccccc3)CC1)n2C. The Morgan fingerprint density at radius 1 is 1.00 bits per heavy atom. The van der Waals surface area contributed by atoms with Gasteiger partial charge in [-0.3, -0.25) is 9.69 Å². The van der Waals surface area contributed by atoms with Crippen LogP contribution in [0.25, 0.3) is 10.9 Å². The molecule has 5 heteroatoms. The fourth-order valence-electron chi connectivity index (χ4n) is 3.83. The summed E-state index contributed by atoms with van der Waals surface area (Å²) in [7, 11) is 3.61. The number of rotatable bonds is 4. The van der Waals surface area contributed by atoms with Gasteiger partial charge in [0.15, 0.2) is 0 Å². The van der Waals surface area contributed by atoms with E-state index in [1.807, 2.05) is 46.8 Å². The number of carbonyl (C=O) groups is 1. The van der Waals surface area contributed by atoms with Crippen molar-refractivity contribution in [3.8, 4) is 5.75 Å². The van der Waals surface area contributed by atoms with Crippen LogP contribution in [0.2, 0.25) is 0 Å². The molecule has 2 aromatic carbocycles. The van der Waals surface area contributed by atoms with Gasteiger partial charge >= 0.3 is 0 Å². The van der Waals surface area contributed by atoms with Crippen LogP contribution in [0.3, 0.4) is 0 Å². The maximum atomic E-state index is 13.1. The summed E-state index contributed by atoms with van der Waals surface area (Å²) in [5.74, 6) is 0.893. The van der Waals surface area contributed by atoms with E-state index >= 15 is 0 Å². The summed E-state index contributed by atoms with van der Waals surface area (Å²) in [6, 6.07) is 18.3. The third kappa shape index (κ3) is 3.43. The molecule has 0 aliphatic carbocycles. The molecule has 3 aromatic rings. The van der Waals surface area contributed by atoms with E-state index in [0.29, 0.717) is 5.69 Å². The summed E-state index contributed by atoms with van der Waals surface area (Å²) < 4.78 is 7.42. The van der Waals surface area contributed by atoms with Gasteiger partial charge in [0.05, 0.1) is 12.6 Å². The van der Waals surface area contributed by atoms with Gasteiger partial charge in [-0.15, -0.1) is 0 Å². The molecule has 1 fully saturated rings. The number of benzene rings is 2. The van der Waals surface area contributed by atoms with E-state index in [4.69, 9.17) is 4.74 Å². The predicted octanol–water partition coefficient (Wildman–Crippen LogP) is 3.14. The van der Waals surface area contributed by atoms with Crippen LogP contribution < -0.4 is 4.74 Å². The number of methoxy groups -OCH3 is 1. The van der Waals surface area contributed by atoms with Crippen molar-refractivity contribution in [1.82, 2.24) is 14.4 Å². The molecule has 0 spiro atoms. The van der Waals surface area contributed by atoms with Gasteiger partial charge in [-0.25, -0.2) is 0 Å². The first-order valence-corrected chi connectivity index (χ1v) is 9.35. The number of nitrogens with zero attached hydrogens (tertiary/aromatic N) is 3. The molecule has 0 bridgehead atoms. The maximum Gasteiger partial charge on any atom is 0.270 e. The molecule has 1 saturated heterocycles. The molecular formula is C22H25N3O2. The van der Waals surface area contributed by atoms with Crippen LogP contribution in [-0.4, -0.2) is 53.6 Å². The van der Waals surface area contributed by atoms with Crippen LogP contribution in [0.4, 0.5) is 0 Å². The average Bonchev–Trinajstić information content (AvgIpc) is 3.05. The Balaban J connectivity index is 1.47. The molecule has 1 amide bonds. The second kappa shape index (κ2) is 7.45. The number of piperazine rings is 1. The Hall–Kier alpha value is -2.79. The van der Waals surface area contributed by atoms with Crippen LogP contribution in [0.5, 0.6) is 5.75 Å². The van der Waals surface area contributed by atoms with Crippen molar-refractivity contribution in [2.24, 2.45) is 7.05 Å². The molecule has 0 atom stereocenters. The lowest BCUT2D eigenvalue weighted by Crippen LogP contribution is -2.48. The van der Waals surface area contributed by atoms with Crippen LogP contribution in [0.15, 0.2) is 54.6 Å². The number of carbonyl (C=O) groups excluding carboxylic acids is 1. The Kier molecular flexibility index (Phi) is 4.86. The van der Waals surface area contributed by atoms with Gasteiger partial charge in [0.1, 0.15) is 11.4 Å². The molecule has 27 heavy (non-hydrogen) atoms. The second-order valence-corrected chi connectivity index (χ2v) is 7.04. The number of hydrogen-bond donors (Lipinski definition) is 0. The van der Waals surface area contributed by atoms with E-state index in [-0.39, 0.29) is 5.91 Å². The molecule has 2 heterocycles. The summed E-state index contributed by atoms with van der Waals surface area (Å²) in [6.07, 6.45) is 0. The van der Waals surface area contributed by atoms with Crippen molar-refractivity contribution in [3.05, 3.63) is 65.9 Å². The quantitative estimate of drug-likeness (QED) is 0.715. The molecule has 0 unspecified atom stereocenters. The zero-order valence-electron chi connectivity index (χ0n) is 15.9. The van der Waals surface area contributed by atoms with Crippen molar-refractivity contribution < 1.29 is 9.53 Å². The first kappa shape index (κ1) is 17.6. The normalized spacial score (nSPS) is 15.3. The van der Waals surface area contributed by atoms with Crippen molar-refractivity contribution in [2.75, 3.05) is 33.3 Å². The molecule has 0 saturated carbocycles. The number of hydrogen-bond acceptors (Lipinski definition) is 3. The largest absolute Gasteiger partial charge is 0.496 e. The van der Waals surface area contributed by atoms with E-state index in [1.165, 1.54) is 5.56 Å². The lowest BCUT2D eigenvalue weighted by molar-refractivity contribution is 0.0619. The molecule has 5 nitrogen and oxygen atoms in total. The lowest BCUT2D eigenvalue weighted by atomic mass is 10.2. The van der Waals surface area contributed by atoms with Crippen molar-refractivity contribution >= 4 is 16.8 Å². The van der Waals surface area contributed by atoms with E-state index in [9.17, 15) is 4.79 Å². The topological polar surface area (TPSA) is 37.7 Å². The van der Waals surface area contributed by atoms with Gasteiger partial charge in [-0.05, 0) is 23.8 Å². The van der Waals surface area contributed by atoms with Gasteiger partial charge in [-0.2, -0.15) is 0 Å². The molecule has 4 rings (SSSR count). The summed E-state index contributed by atoms with van der Waals surface area (Å²) in [4.78, 5) is 17.5. The molecule has 1 aliphatic heterocycles. The van der Waals surface area contributed by atoms with E-state index < -0.39 is 0 Å². The minimum absolute atomic E-state index is 0.0927. The Morgan fingerprint density at radius 2 is 1.74 bits per heavy atom. The molecular weight excluding hydrogens is 338 g/mol. The highest BCUT2D eigenvalue weighted by Crippen LogP contribution is 2.28. The van der Waals surface area contributed by atoms with Gasteiger partial charge in [0.2, 0.25) is 0 Å². The number of fused-ring (bicyclic) bond motifs is 1. The summed E-state index contributed by atoms with van der Waals surface area (Å²) in [5, 5.41) is 0.980. The molecule has 140 valence electrons. The van der Waals surface area contributed by atoms with Crippen molar-refractivity contribution in [2.45, 2.75) is 6.54 Å². The average molecular weight is 363 g/mol. The summed E-state index contributed by atoms with van der Waals surface area (Å²) >= 11 is 0. The zero-order valence-corrected chi connectivity index (χ0v) is 15.9. The van der Waals surface area contributed by atoms with Crippen LogP contribution in [0.1, 0.15) is 16.1 Å². The van der Waals surface area contributed by atoms with Crippen LogP contribution in [0, 0.1) is 0 Å². The standard InChI is InChI=1S/C22H25N3O2/c1-23-19-9-6-10-21(27-2)18(19)15-20(23)22(26)25-13-11-24(12-14-25)16-17-7-4-3-5-8-17/h3-10,15H,11-14,16H2,1-2H3. The number of aromatic nitrogens is 1. The van der Waals surface area contributed by atoms with E-state index in [1.54, 1.807) is 7.11 Å². The van der Waals surface area contributed by atoms with E-state index in [2.05, 4.69) is 29.2 Å². The first-order chi connectivity index (χ1) is 13.2. The molecule has 0 radical (unpaired) electrons. The highest BCUT2D eigenvalue weighted by molar-refractivity contribution is 6.00. The number of amides is 1. The van der Waals surface area contributed by atoms with Gasteiger partial charge in [0.25, 0.3) is 5.91 Å².